The van der Waals surface area contributed by atoms with E-state index >= 15 is 0 Å². The first-order chi connectivity index (χ1) is 4.89. The molecule has 0 aromatic rings. The van der Waals surface area contributed by atoms with Gasteiger partial charge in [-0.2, -0.15) is 0 Å². The van der Waals surface area contributed by atoms with Crippen molar-refractivity contribution >= 4 is 5.90 Å². The zero-order valence-corrected chi connectivity index (χ0v) is 7.77. The molecule has 0 spiro atoms. The molecule has 0 aromatic carbocycles. The molecule has 0 bridgehead atoms. The molecule has 0 saturated carbocycles. The molecular formula is C8H19NO. The van der Waals surface area contributed by atoms with Crippen LogP contribution in [0.3, 0.4) is 0 Å². The summed E-state index contributed by atoms with van der Waals surface area (Å²) in [6.45, 7) is 11.5. The van der Waals surface area contributed by atoms with Crippen LogP contribution in [0.15, 0.2) is 4.99 Å². The Hall–Kier alpha value is -0.530. The normalized spacial score (nSPS) is 13.1. The van der Waals surface area contributed by atoms with Crippen molar-refractivity contribution < 1.29 is 4.74 Å². The highest BCUT2D eigenvalue weighted by Gasteiger charge is 1.96. The zero-order chi connectivity index (χ0) is 8.41. The van der Waals surface area contributed by atoms with Gasteiger partial charge in [0.15, 0.2) is 5.90 Å². The standard InChI is InChI=1S/C4H7NO.2C2H6/c1-4-5-2-3-6-4;2*1-2/h2-3H2,1H3;2*1-2H3. The van der Waals surface area contributed by atoms with E-state index in [4.69, 9.17) is 4.74 Å². The summed E-state index contributed by atoms with van der Waals surface area (Å²) in [6.07, 6.45) is 0. The summed E-state index contributed by atoms with van der Waals surface area (Å²) in [5.41, 5.74) is 0. The van der Waals surface area contributed by atoms with Crippen LogP contribution in [0.25, 0.3) is 0 Å². The van der Waals surface area contributed by atoms with Gasteiger partial charge in [0.25, 0.3) is 0 Å². The molecule has 1 heterocycles. The smallest absolute Gasteiger partial charge is 0.180 e. The number of rotatable bonds is 0. The molecule has 0 amide bonds. The number of nitrogens with zero attached hydrogens (tertiary/aromatic N) is 1. The minimum atomic E-state index is 0.784. The summed E-state index contributed by atoms with van der Waals surface area (Å²) in [5.74, 6) is 0.829. The van der Waals surface area contributed by atoms with Crippen LogP contribution in [0.2, 0.25) is 0 Å². The van der Waals surface area contributed by atoms with Crippen molar-refractivity contribution in [2.45, 2.75) is 34.6 Å². The van der Waals surface area contributed by atoms with Crippen LogP contribution < -0.4 is 0 Å². The molecule has 0 atom stereocenters. The largest absolute Gasteiger partial charge is 0.479 e. The third-order valence-corrected chi connectivity index (χ3v) is 0.737. The van der Waals surface area contributed by atoms with Gasteiger partial charge in [-0.1, -0.05) is 27.7 Å². The first-order valence-electron chi connectivity index (χ1n) is 4.03. The van der Waals surface area contributed by atoms with Crippen molar-refractivity contribution in [2.24, 2.45) is 4.99 Å². The fourth-order valence-corrected chi connectivity index (χ4v) is 0.442. The molecule has 0 saturated heterocycles. The zero-order valence-electron chi connectivity index (χ0n) is 7.77. The summed E-state index contributed by atoms with van der Waals surface area (Å²) < 4.78 is 4.90. The Morgan fingerprint density at radius 3 is 1.80 bits per heavy atom. The first kappa shape index (κ1) is 12.2. The van der Waals surface area contributed by atoms with Gasteiger partial charge in [0, 0.05) is 6.92 Å². The van der Waals surface area contributed by atoms with Crippen molar-refractivity contribution in [1.82, 2.24) is 0 Å². The van der Waals surface area contributed by atoms with Crippen molar-refractivity contribution in [2.75, 3.05) is 13.2 Å². The molecule has 1 rings (SSSR count). The molecule has 1 aliphatic rings. The summed E-state index contributed by atoms with van der Waals surface area (Å²) in [7, 11) is 0. The Balaban J connectivity index is 0. The monoisotopic (exact) mass is 145 g/mol. The van der Waals surface area contributed by atoms with Crippen LogP contribution >= 0.6 is 0 Å². The van der Waals surface area contributed by atoms with Gasteiger partial charge in [-0.3, -0.25) is 4.99 Å². The van der Waals surface area contributed by atoms with E-state index in [-0.39, 0.29) is 0 Å². The van der Waals surface area contributed by atoms with E-state index in [1.807, 2.05) is 34.6 Å². The molecule has 2 heteroatoms. The molecule has 0 aliphatic carbocycles. The number of aliphatic imine (C=N–C) groups is 1. The second-order valence-electron chi connectivity index (χ2n) is 1.25. The second kappa shape index (κ2) is 11.3. The number of hydrogen-bond donors (Lipinski definition) is 0. The van der Waals surface area contributed by atoms with Crippen molar-refractivity contribution in [3.63, 3.8) is 0 Å². The van der Waals surface area contributed by atoms with Crippen molar-refractivity contribution in [3.8, 4) is 0 Å². The minimum Gasteiger partial charge on any atom is -0.479 e. The quantitative estimate of drug-likeness (QED) is 0.513. The van der Waals surface area contributed by atoms with E-state index < -0.39 is 0 Å². The average Bonchev–Trinajstić information content (AvgIpc) is 2.48. The van der Waals surface area contributed by atoms with Gasteiger partial charge in [0.1, 0.15) is 6.61 Å². The summed E-state index contributed by atoms with van der Waals surface area (Å²) >= 11 is 0. The average molecular weight is 145 g/mol. The summed E-state index contributed by atoms with van der Waals surface area (Å²) in [6, 6.07) is 0. The van der Waals surface area contributed by atoms with Gasteiger partial charge in [0.05, 0.1) is 6.54 Å². The Kier molecular flexibility index (Phi) is 13.7. The fraction of sp³-hybridized carbons (Fsp3) is 0.875. The highest BCUT2D eigenvalue weighted by Crippen LogP contribution is 1.89. The number of ether oxygens (including phenoxy) is 1. The van der Waals surface area contributed by atoms with E-state index in [1.165, 1.54) is 0 Å². The van der Waals surface area contributed by atoms with Gasteiger partial charge in [-0.25, -0.2) is 0 Å². The lowest BCUT2D eigenvalue weighted by molar-refractivity contribution is 0.345. The molecule has 1 aliphatic heterocycles. The third kappa shape index (κ3) is 7.47. The van der Waals surface area contributed by atoms with Gasteiger partial charge in [-0.15, -0.1) is 0 Å². The molecule has 0 unspecified atom stereocenters. The van der Waals surface area contributed by atoms with E-state index in [2.05, 4.69) is 4.99 Å². The SMILES string of the molecule is CC.CC.CC1=NCCO1. The molecule has 0 radical (unpaired) electrons. The van der Waals surface area contributed by atoms with Gasteiger partial charge in [0.2, 0.25) is 0 Å². The first-order valence-corrected chi connectivity index (χ1v) is 4.03. The number of hydrogen-bond acceptors (Lipinski definition) is 2. The predicted molar refractivity (Wildman–Crippen MR) is 46.6 cm³/mol. The van der Waals surface area contributed by atoms with Crippen LogP contribution in [0.1, 0.15) is 34.6 Å². The lowest BCUT2D eigenvalue weighted by atomic mass is 10.8. The Morgan fingerprint density at radius 1 is 1.20 bits per heavy atom. The van der Waals surface area contributed by atoms with Crippen LogP contribution in [-0.2, 0) is 4.74 Å². The summed E-state index contributed by atoms with van der Waals surface area (Å²) in [5, 5.41) is 0. The molecule has 0 fully saturated rings. The topological polar surface area (TPSA) is 21.6 Å². The minimum absolute atomic E-state index is 0.784. The van der Waals surface area contributed by atoms with E-state index in [1.54, 1.807) is 0 Å². The Morgan fingerprint density at radius 2 is 1.70 bits per heavy atom. The predicted octanol–water partition coefficient (Wildman–Crippen LogP) is 2.49. The fourth-order valence-electron chi connectivity index (χ4n) is 0.442. The lowest BCUT2D eigenvalue weighted by Crippen LogP contribution is -1.89. The Labute approximate surface area is 64.3 Å². The molecule has 0 aromatic heterocycles. The highest BCUT2D eigenvalue weighted by atomic mass is 16.5. The van der Waals surface area contributed by atoms with Crippen molar-refractivity contribution in [1.29, 1.82) is 0 Å². The van der Waals surface area contributed by atoms with Crippen LogP contribution in [0, 0.1) is 0 Å². The summed E-state index contributed by atoms with van der Waals surface area (Å²) in [4.78, 5) is 3.93. The lowest BCUT2D eigenvalue weighted by Gasteiger charge is -1.86. The highest BCUT2D eigenvalue weighted by molar-refractivity contribution is 5.74. The molecule has 10 heavy (non-hydrogen) atoms. The van der Waals surface area contributed by atoms with Gasteiger partial charge in [-0.05, 0) is 0 Å². The maximum Gasteiger partial charge on any atom is 0.180 e. The van der Waals surface area contributed by atoms with Crippen LogP contribution in [0.4, 0.5) is 0 Å². The van der Waals surface area contributed by atoms with Gasteiger partial charge < -0.3 is 4.74 Å². The molecule has 62 valence electrons. The maximum absolute atomic E-state index is 4.90. The molecule has 2 nitrogen and oxygen atoms in total. The van der Waals surface area contributed by atoms with E-state index in [0.717, 1.165) is 19.0 Å². The second-order valence-corrected chi connectivity index (χ2v) is 1.25. The Bertz CT molecular complexity index is 79.3. The van der Waals surface area contributed by atoms with Crippen LogP contribution in [0.5, 0.6) is 0 Å². The maximum atomic E-state index is 4.90. The van der Waals surface area contributed by atoms with Crippen molar-refractivity contribution in [3.05, 3.63) is 0 Å². The van der Waals surface area contributed by atoms with Gasteiger partial charge >= 0.3 is 0 Å². The third-order valence-electron chi connectivity index (χ3n) is 0.737. The van der Waals surface area contributed by atoms with E-state index in [9.17, 15) is 0 Å². The molecule has 0 N–H and O–H groups in total. The van der Waals surface area contributed by atoms with Crippen LogP contribution in [-0.4, -0.2) is 19.0 Å². The van der Waals surface area contributed by atoms with E-state index in [0.29, 0.717) is 0 Å². The molecular weight excluding hydrogens is 126 g/mol.